The number of nitrogens with zero attached hydrogens (tertiary/aromatic N) is 4. The molecule has 0 bridgehead atoms. The molecule has 0 N–H and O–H groups in total. The Kier molecular flexibility index (Phi) is 5.15. The highest BCUT2D eigenvalue weighted by Crippen LogP contribution is 2.31. The van der Waals surface area contributed by atoms with Crippen LogP contribution in [0.15, 0.2) is 116 Å². The SMILES string of the molecule is c1ccc(P(c2ccccc2)c2cccc(-n3ccc(-c4ccccn4)n3)n2)cc1. The molecule has 0 unspecified atom stereocenters. The van der Waals surface area contributed by atoms with Crippen LogP contribution in [-0.2, 0) is 0 Å². The largest absolute Gasteiger partial charge is 0.255 e. The van der Waals surface area contributed by atoms with E-state index in [2.05, 4.69) is 77.8 Å². The van der Waals surface area contributed by atoms with E-state index in [1.54, 1.807) is 6.20 Å². The van der Waals surface area contributed by atoms with Crippen LogP contribution in [0.25, 0.3) is 17.2 Å². The molecule has 0 radical (unpaired) electrons. The van der Waals surface area contributed by atoms with Crippen molar-refractivity contribution in [3.05, 3.63) is 116 Å². The predicted octanol–water partition coefficient (Wildman–Crippen LogP) is 4.09. The van der Waals surface area contributed by atoms with Gasteiger partial charge in [-0.1, -0.05) is 72.8 Å². The number of hydrogen-bond acceptors (Lipinski definition) is 3. The van der Waals surface area contributed by atoms with E-state index in [1.165, 1.54) is 10.6 Å². The van der Waals surface area contributed by atoms with Crippen molar-refractivity contribution in [2.45, 2.75) is 0 Å². The summed E-state index contributed by atoms with van der Waals surface area (Å²) in [7, 11) is -0.754. The number of aromatic nitrogens is 4. The predicted molar refractivity (Wildman–Crippen MR) is 123 cm³/mol. The maximum Gasteiger partial charge on any atom is 0.154 e. The molecule has 0 fully saturated rings. The van der Waals surface area contributed by atoms with Crippen LogP contribution in [0.2, 0.25) is 0 Å². The average molecular weight is 406 g/mol. The second-order valence-electron chi connectivity index (χ2n) is 6.72. The first kappa shape index (κ1) is 18.4. The van der Waals surface area contributed by atoms with Crippen molar-refractivity contribution in [3.63, 3.8) is 0 Å². The van der Waals surface area contributed by atoms with Crippen molar-refractivity contribution in [2.24, 2.45) is 0 Å². The third kappa shape index (κ3) is 3.78. The highest BCUT2D eigenvalue weighted by atomic mass is 31.1. The van der Waals surface area contributed by atoms with Gasteiger partial charge in [-0.05, 0) is 40.9 Å². The van der Waals surface area contributed by atoms with Gasteiger partial charge in [-0.2, -0.15) is 5.10 Å². The number of benzene rings is 2. The van der Waals surface area contributed by atoms with Crippen LogP contribution in [0.3, 0.4) is 0 Å². The van der Waals surface area contributed by atoms with Crippen LogP contribution in [0.1, 0.15) is 0 Å². The summed E-state index contributed by atoms with van der Waals surface area (Å²) in [5, 5.41) is 7.25. The normalized spacial score (nSPS) is 11.0. The van der Waals surface area contributed by atoms with E-state index in [1.807, 2.05) is 41.2 Å². The zero-order chi connectivity index (χ0) is 20.2. The summed E-state index contributed by atoms with van der Waals surface area (Å²) in [6, 6.07) is 35.1. The summed E-state index contributed by atoms with van der Waals surface area (Å²) in [5.74, 6) is 0.800. The van der Waals surface area contributed by atoms with Gasteiger partial charge in [0.25, 0.3) is 0 Å². The zero-order valence-electron chi connectivity index (χ0n) is 16.2. The average Bonchev–Trinajstić information content (AvgIpc) is 3.32. The van der Waals surface area contributed by atoms with Gasteiger partial charge < -0.3 is 0 Å². The standard InChI is InChI=1S/C25H19N4P/c1-3-10-20(11-4-1)30(21-12-5-2-6-13-21)25-16-9-15-24(27-25)29-19-17-23(28-29)22-14-7-8-18-26-22/h1-19H. The van der Waals surface area contributed by atoms with E-state index in [9.17, 15) is 0 Å². The van der Waals surface area contributed by atoms with Crippen molar-refractivity contribution >= 4 is 24.0 Å². The van der Waals surface area contributed by atoms with Gasteiger partial charge in [-0.15, -0.1) is 0 Å². The fourth-order valence-electron chi connectivity index (χ4n) is 3.33. The molecule has 0 aliphatic heterocycles. The first-order chi connectivity index (χ1) is 14.9. The first-order valence-electron chi connectivity index (χ1n) is 9.73. The molecule has 3 aromatic heterocycles. The summed E-state index contributed by atoms with van der Waals surface area (Å²) >= 11 is 0. The van der Waals surface area contributed by atoms with Gasteiger partial charge in [0.2, 0.25) is 0 Å². The van der Waals surface area contributed by atoms with Gasteiger partial charge in [-0.25, -0.2) is 9.67 Å². The number of pyridine rings is 2. The van der Waals surface area contributed by atoms with Gasteiger partial charge in [0, 0.05) is 20.3 Å². The van der Waals surface area contributed by atoms with E-state index in [-0.39, 0.29) is 0 Å². The van der Waals surface area contributed by atoms with Crippen molar-refractivity contribution in [2.75, 3.05) is 0 Å². The molecule has 0 aliphatic carbocycles. The fraction of sp³-hybridized carbons (Fsp3) is 0. The Morgan fingerprint density at radius 1 is 0.600 bits per heavy atom. The molecule has 0 spiro atoms. The monoisotopic (exact) mass is 406 g/mol. The molecule has 5 aromatic rings. The highest BCUT2D eigenvalue weighted by Gasteiger charge is 2.18. The summed E-state index contributed by atoms with van der Waals surface area (Å²) in [6.45, 7) is 0. The molecule has 5 heteroatoms. The molecule has 0 atom stereocenters. The van der Waals surface area contributed by atoms with Crippen LogP contribution in [0.4, 0.5) is 0 Å². The molecule has 3 heterocycles. The Balaban J connectivity index is 1.56. The molecule has 4 nitrogen and oxygen atoms in total. The van der Waals surface area contributed by atoms with Gasteiger partial charge in [0.15, 0.2) is 5.82 Å². The minimum atomic E-state index is -0.754. The quantitative estimate of drug-likeness (QED) is 0.413. The lowest BCUT2D eigenvalue weighted by atomic mass is 10.3. The van der Waals surface area contributed by atoms with Crippen molar-refractivity contribution in [3.8, 4) is 17.2 Å². The van der Waals surface area contributed by atoms with E-state index >= 15 is 0 Å². The molecule has 0 saturated heterocycles. The second kappa shape index (κ2) is 8.40. The van der Waals surface area contributed by atoms with E-state index in [4.69, 9.17) is 10.1 Å². The topological polar surface area (TPSA) is 43.6 Å². The van der Waals surface area contributed by atoms with Crippen molar-refractivity contribution < 1.29 is 0 Å². The van der Waals surface area contributed by atoms with Crippen LogP contribution in [-0.4, -0.2) is 19.7 Å². The van der Waals surface area contributed by atoms with Crippen LogP contribution in [0, 0.1) is 0 Å². The molecule has 0 amide bonds. The smallest absolute Gasteiger partial charge is 0.154 e. The minimum absolute atomic E-state index is 0.754. The van der Waals surface area contributed by atoms with Gasteiger partial charge in [-0.3, -0.25) is 4.98 Å². The lowest BCUT2D eigenvalue weighted by Gasteiger charge is -2.18. The zero-order valence-corrected chi connectivity index (χ0v) is 17.1. The van der Waals surface area contributed by atoms with Crippen molar-refractivity contribution in [1.29, 1.82) is 0 Å². The summed E-state index contributed by atoms with van der Waals surface area (Å²) in [5.41, 5.74) is 2.73. The minimum Gasteiger partial charge on any atom is -0.255 e. The van der Waals surface area contributed by atoms with E-state index in [0.717, 1.165) is 22.6 Å². The van der Waals surface area contributed by atoms with E-state index < -0.39 is 7.92 Å². The molecule has 2 aromatic carbocycles. The molecular formula is C25H19N4P. The summed E-state index contributed by atoms with van der Waals surface area (Å²) < 4.78 is 1.82. The summed E-state index contributed by atoms with van der Waals surface area (Å²) in [4.78, 5) is 9.40. The van der Waals surface area contributed by atoms with Crippen LogP contribution >= 0.6 is 7.92 Å². The van der Waals surface area contributed by atoms with E-state index in [0.29, 0.717) is 0 Å². The molecule has 5 rings (SSSR count). The van der Waals surface area contributed by atoms with Crippen LogP contribution < -0.4 is 16.0 Å². The molecular weight excluding hydrogens is 387 g/mol. The highest BCUT2D eigenvalue weighted by molar-refractivity contribution is 7.79. The lowest BCUT2D eigenvalue weighted by molar-refractivity contribution is 0.853. The molecule has 0 aliphatic rings. The fourth-order valence-corrected chi connectivity index (χ4v) is 5.54. The van der Waals surface area contributed by atoms with Gasteiger partial charge in [0.05, 0.1) is 11.1 Å². The molecule has 30 heavy (non-hydrogen) atoms. The number of rotatable bonds is 5. The second-order valence-corrected chi connectivity index (χ2v) is 8.88. The summed E-state index contributed by atoms with van der Waals surface area (Å²) in [6.07, 6.45) is 3.71. The Bertz CT molecular complexity index is 1200. The van der Waals surface area contributed by atoms with Crippen molar-refractivity contribution in [1.82, 2.24) is 19.7 Å². The Hall–Kier alpha value is -3.62. The Labute approximate surface area is 176 Å². The lowest BCUT2D eigenvalue weighted by Crippen LogP contribution is -2.23. The molecule has 144 valence electrons. The Morgan fingerprint density at radius 3 is 1.97 bits per heavy atom. The number of hydrogen-bond donors (Lipinski definition) is 0. The van der Waals surface area contributed by atoms with Crippen LogP contribution in [0.5, 0.6) is 0 Å². The molecule has 0 saturated carbocycles. The third-order valence-electron chi connectivity index (χ3n) is 4.73. The van der Waals surface area contributed by atoms with Gasteiger partial charge >= 0.3 is 0 Å². The third-order valence-corrected chi connectivity index (χ3v) is 7.07. The van der Waals surface area contributed by atoms with Gasteiger partial charge in [0.1, 0.15) is 5.69 Å². The first-order valence-corrected chi connectivity index (χ1v) is 11.1. The maximum atomic E-state index is 5.01. The Morgan fingerprint density at radius 2 is 1.30 bits per heavy atom. The maximum absolute atomic E-state index is 5.01.